The van der Waals surface area contributed by atoms with E-state index >= 15 is 0 Å². The van der Waals surface area contributed by atoms with Gasteiger partial charge in [0.15, 0.2) is 17.5 Å². The van der Waals surface area contributed by atoms with E-state index in [-0.39, 0.29) is 5.41 Å². The maximum atomic E-state index is 6.29. The molecule has 0 aliphatic heterocycles. The molecule has 1 aliphatic carbocycles. The zero-order chi connectivity index (χ0) is 31.3. The fourth-order valence-electron chi connectivity index (χ4n) is 7.48. The minimum Gasteiger partial charge on any atom is -0.456 e. The van der Waals surface area contributed by atoms with Gasteiger partial charge < -0.3 is 4.42 Å². The van der Waals surface area contributed by atoms with E-state index in [0.29, 0.717) is 17.5 Å². The molecule has 1 aliphatic rings. The van der Waals surface area contributed by atoms with Crippen molar-refractivity contribution >= 4 is 53.4 Å². The molecule has 222 valence electrons. The number of rotatable bonds is 3. The molecule has 0 amide bonds. The molecule has 0 atom stereocenters. The van der Waals surface area contributed by atoms with Gasteiger partial charge in [0, 0.05) is 53.1 Å². The first-order chi connectivity index (χ1) is 23.0. The molecular formula is C42H27N3OS. The van der Waals surface area contributed by atoms with Crippen LogP contribution in [0.1, 0.15) is 25.0 Å². The summed E-state index contributed by atoms with van der Waals surface area (Å²) in [6, 6.07) is 44.7. The lowest BCUT2D eigenvalue weighted by Crippen LogP contribution is -2.14. The number of hydrogen-bond acceptors (Lipinski definition) is 5. The number of para-hydroxylation sites is 1. The second-order valence-electron chi connectivity index (χ2n) is 12.8. The molecule has 5 heteroatoms. The van der Waals surface area contributed by atoms with Gasteiger partial charge in [0.05, 0.1) is 0 Å². The van der Waals surface area contributed by atoms with Gasteiger partial charge >= 0.3 is 0 Å². The molecule has 0 saturated heterocycles. The topological polar surface area (TPSA) is 51.8 Å². The third-order valence-electron chi connectivity index (χ3n) is 9.77. The van der Waals surface area contributed by atoms with Crippen molar-refractivity contribution in [1.29, 1.82) is 0 Å². The van der Waals surface area contributed by atoms with Gasteiger partial charge in [-0.05, 0) is 52.6 Å². The summed E-state index contributed by atoms with van der Waals surface area (Å²) in [5.41, 5.74) is 9.51. The largest absolute Gasteiger partial charge is 0.456 e. The summed E-state index contributed by atoms with van der Waals surface area (Å²) < 4.78 is 8.71. The number of nitrogens with zero attached hydrogens (tertiary/aromatic N) is 3. The fourth-order valence-corrected chi connectivity index (χ4v) is 8.69. The summed E-state index contributed by atoms with van der Waals surface area (Å²) in [5, 5.41) is 4.64. The van der Waals surface area contributed by atoms with E-state index in [1.54, 1.807) is 11.3 Å². The zero-order valence-corrected chi connectivity index (χ0v) is 26.6. The first kappa shape index (κ1) is 26.6. The maximum Gasteiger partial charge on any atom is 0.165 e. The van der Waals surface area contributed by atoms with Crippen molar-refractivity contribution in [1.82, 2.24) is 15.0 Å². The van der Waals surface area contributed by atoms with Crippen LogP contribution in [0, 0.1) is 0 Å². The van der Waals surface area contributed by atoms with Gasteiger partial charge in [0.1, 0.15) is 11.2 Å². The lowest BCUT2D eigenvalue weighted by molar-refractivity contribution is 0.660. The van der Waals surface area contributed by atoms with Crippen LogP contribution < -0.4 is 0 Å². The lowest BCUT2D eigenvalue weighted by atomic mass is 9.82. The van der Waals surface area contributed by atoms with Gasteiger partial charge in [-0.15, -0.1) is 11.3 Å². The van der Waals surface area contributed by atoms with Gasteiger partial charge in [-0.25, -0.2) is 15.0 Å². The Labute approximate surface area is 275 Å². The molecule has 0 saturated carbocycles. The summed E-state index contributed by atoms with van der Waals surface area (Å²) in [5.74, 6) is 1.95. The predicted octanol–water partition coefficient (Wildman–Crippen LogP) is 11.4. The third kappa shape index (κ3) is 3.84. The summed E-state index contributed by atoms with van der Waals surface area (Å²) in [7, 11) is 0. The highest BCUT2D eigenvalue weighted by molar-refractivity contribution is 7.26. The standard InChI is InChI=1S/C42H27N3OS/c1-42(2)32-17-6-3-13-29(32)37-30(15-10-18-33(37)42)40-43-39(24-21-22-26-25-11-4-7-19-34(25)46-35(26)23-24)44-41(45-40)31-16-9-14-28-27-12-5-8-20-36(27)47-38(28)31/h3-23H,1-2H3. The van der Waals surface area contributed by atoms with Crippen LogP contribution in [0.4, 0.5) is 0 Å². The Morgan fingerprint density at radius 1 is 0.511 bits per heavy atom. The van der Waals surface area contributed by atoms with Crippen molar-refractivity contribution in [3.05, 3.63) is 139 Å². The Bertz CT molecular complexity index is 2730. The summed E-state index contributed by atoms with van der Waals surface area (Å²) in [4.78, 5) is 15.7. The first-order valence-electron chi connectivity index (χ1n) is 15.9. The number of furan rings is 1. The van der Waals surface area contributed by atoms with Gasteiger partial charge in [0.2, 0.25) is 0 Å². The van der Waals surface area contributed by atoms with Gasteiger partial charge in [0.25, 0.3) is 0 Å². The smallest absolute Gasteiger partial charge is 0.165 e. The highest BCUT2D eigenvalue weighted by atomic mass is 32.1. The molecule has 3 heterocycles. The highest BCUT2D eigenvalue weighted by Gasteiger charge is 2.37. The van der Waals surface area contributed by atoms with Crippen molar-refractivity contribution < 1.29 is 4.42 Å². The Hall–Kier alpha value is -5.65. The minimum atomic E-state index is -0.129. The zero-order valence-electron chi connectivity index (χ0n) is 25.8. The van der Waals surface area contributed by atoms with E-state index in [4.69, 9.17) is 19.4 Å². The fraction of sp³-hybridized carbons (Fsp3) is 0.0714. The molecular weight excluding hydrogens is 595 g/mol. The molecule has 9 aromatic rings. The van der Waals surface area contributed by atoms with Crippen LogP contribution in [0.3, 0.4) is 0 Å². The van der Waals surface area contributed by atoms with Crippen LogP contribution in [0.25, 0.3) is 87.4 Å². The van der Waals surface area contributed by atoms with Crippen LogP contribution in [-0.4, -0.2) is 15.0 Å². The molecule has 3 aromatic heterocycles. The Morgan fingerprint density at radius 3 is 2.06 bits per heavy atom. The molecule has 0 unspecified atom stereocenters. The monoisotopic (exact) mass is 621 g/mol. The molecule has 0 bridgehead atoms. The quantitative estimate of drug-likeness (QED) is 0.197. The normalized spacial score (nSPS) is 13.5. The lowest BCUT2D eigenvalue weighted by Gasteiger charge is -2.21. The molecule has 6 aromatic carbocycles. The van der Waals surface area contributed by atoms with E-state index < -0.39 is 0 Å². The van der Waals surface area contributed by atoms with Gasteiger partial charge in [-0.1, -0.05) is 111 Å². The van der Waals surface area contributed by atoms with Crippen LogP contribution in [0.5, 0.6) is 0 Å². The van der Waals surface area contributed by atoms with Crippen LogP contribution in [-0.2, 0) is 5.41 Å². The SMILES string of the molecule is CC1(C)c2ccccc2-c2c(-c3nc(-c4ccc5c(c4)oc4ccccc45)nc(-c4cccc5c4sc4ccccc45)n3)cccc21. The second-order valence-corrected chi connectivity index (χ2v) is 13.8. The summed E-state index contributed by atoms with van der Waals surface area (Å²) >= 11 is 1.79. The number of hydrogen-bond donors (Lipinski definition) is 0. The molecule has 0 fully saturated rings. The number of benzene rings is 6. The number of thiophene rings is 1. The van der Waals surface area contributed by atoms with E-state index in [1.165, 1.54) is 42.4 Å². The van der Waals surface area contributed by atoms with Crippen molar-refractivity contribution in [2.45, 2.75) is 19.3 Å². The van der Waals surface area contributed by atoms with Crippen LogP contribution in [0.15, 0.2) is 132 Å². The summed E-state index contributed by atoms with van der Waals surface area (Å²) in [6.07, 6.45) is 0. The maximum absolute atomic E-state index is 6.29. The molecule has 0 spiro atoms. The predicted molar refractivity (Wildman–Crippen MR) is 194 cm³/mol. The second kappa shape index (κ2) is 9.68. The molecule has 4 nitrogen and oxygen atoms in total. The Balaban J connectivity index is 1.25. The van der Waals surface area contributed by atoms with Crippen molar-refractivity contribution in [3.8, 4) is 45.3 Å². The van der Waals surface area contributed by atoms with E-state index in [0.717, 1.165) is 38.6 Å². The van der Waals surface area contributed by atoms with E-state index in [2.05, 4.69) is 123 Å². The molecule has 47 heavy (non-hydrogen) atoms. The van der Waals surface area contributed by atoms with E-state index in [9.17, 15) is 0 Å². The van der Waals surface area contributed by atoms with Crippen LogP contribution in [0.2, 0.25) is 0 Å². The molecule has 0 radical (unpaired) electrons. The average molecular weight is 622 g/mol. The van der Waals surface area contributed by atoms with Gasteiger partial charge in [-0.2, -0.15) is 0 Å². The minimum absolute atomic E-state index is 0.129. The summed E-state index contributed by atoms with van der Waals surface area (Å²) in [6.45, 7) is 4.60. The van der Waals surface area contributed by atoms with Gasteiger partial charge in [-0.3, -0.25) is 0 Å². The number of fused-ring (bicyclic) bond motifs is 9. The molecule has 0 N–H and O–H groups in total. The third-order valence-corrected chi connectivity index (χ3v) is 11.0. The Morgan fingerprint density at radius 2 is 1.15 bits per heavy atom. The molecule has 10 rings (SSSR count). The van der Waals surface area contributed by atoms with E-state index in [1.807, 2.05) is 18.2 Å². The van der Waals surface area contributed by atoms with Crippen molar-refractivity contribution in [2.75, 3.05) is 0 Å². The Kier molecular flexibility index (Phi) is 5.47. The van der Waals surface area contributed by atoms with Crippen LogP contribution >= 0.6 is 11.3 Å². The highest BCUT2D eigenvalue weighted by Crippen LogP contribution is 2.52. The average Bonchev–Trinajstić information content (AvgIpc) is 3.76. The number of aromatic nitrogens is 3. The van der Waals surface area contributed by atoms with Crippen molar-refractivity contribution in [3.63, 3.8) is 0 Å². The van der Waals surface area contributed by atoms with Crippen molar-refractivity contribution in [2.24, 2.45) is 0 Å². The first-order valence-corrected chi connectivity index (χ1v) is 16.7.